The van der Waals surface area contributed by atoms with Crippen molar-refractivity contribution in [2.24, 2.45) is 0 Å². The first-order valence-corrected chi connectivity index (χ1v) is 13.3. The topological polar surface area (TPSA) is 88.2 Å². The van der Waals surface area contributed by atoms with E-state index in [-0.39, 0.29) is 28.2 Å². The van der Waals surface area contributed by atoms with Crippen LogP contribution in [0.25, 0.3) is 0 Å². The number of piperazine rings is 1. The molecule has 1 amide bonds. The number of hydrogen-bond acceptors (Lipinski definition) is 6. The number of carbonyl (C=O) groups excluding carboxylic acids is 1. The largest absolute Gasteiger partial charge is 0.495 e. The van der Waals surface area contributed by atoms with Crippen molar-refractivity contribution in [3.63, 3.8) is 0 Å². The van der Waals surface area contributed by atoms with E-state index in [1.807, 2.05) is 43.3 Å². The number of methoxy groups -OCH3 is 1. The van der Waals surface area contributed by atoms with E-state index in [0.29, 0.717) is 31.9 Å². The number of anilines is 2. The molecule has 190 valence electrons. The molecular weight excluding hydrogens is 502 g/mol. The molecule has 1 fully saturated rings. The Morgan fingerprint density at radius 1 is 0.972 bits per heavy atom. The van der Waals surface area contributed by atoms with Gasteiger partial charge in [-0.1, -0.05) is 41.4 Å². The lowest BCUT2D eigenvalue weighted by Gasteiger charge is -2.36. The molecule has 1 heterocycles. The number of nitrogens with one attached hydrogen (secondary N) is 1. The molecule has 1 aliphatic heterocycles. The van der Waals surface area contributed by atoms with Gasteiger partial charge in [0, 0.05) is 31.9 Å². The maximum atomic E-state index is 12.7. The Balaban J connectivity index is 1.32. The van der Waals surface area contributed by atoms with Crippen LogP contribution in [0.5, 0.6) is 11.5 Å². The lowest BCUT2D eigenvalue weighted by atomic mass is 10.2. The molecule has 3 aromatic rings. The van der Waals surface area contributed by atoms with Crippen LogP contribution in [-0.2, 0) is 14.8 Å². The van der Waals surface area contributed by atoms with Crippen molar-refractivity contribution in [3.8, 4) is 11.5 Å². The zero-order valence-corrected chi connectivity index (χ0v) is 21.7. The van der Waals surface area contributed by atoms with Crippen molar-refractivity contribution < 1.29 is 22.7 Å². The highest BCUT2D eigenvalue weighted by Gasteiger charge is 2.24. The molecule has 10 heteroatoms. The van der Waals surface area contributed by atoms with Gasteiger partial charge in [-0.25, -0.2) is 8.42 Å². The van der Waals surface area contributed by atoms with Crippen molar-refractivity contribution in [1.82, 2.24) is 4.90 Å². The van der Waals surface area contributed by atoms with Crippen molar-refractivity contribution >= 4 is 38.9 Å². The van der Waals surface area contributed by atoms with E-state index in [2.05, 4.69) is 9.62 Å². The highest BCUT2D eigenvalue weighted by Crippen LogP contribution is 2.30. The third kappa shape index (κ3) is 6.03. The van der Waals surface area contributed by atoms with E-state index in [1.165, 1.54) is 18.2 Å². The molecule has 3 aromatic carbocycles. The number of benzene rings is 3. The molecule has 0 radical (unpaired) electrons. The maximum absolute atomic E-state index is 12.7. The minimum atomic E-state index is -3.83. The van der Waals surface area contributed by atoms with Crippen LogP contribution in [0.2, 0.25) is 5.02 Å². The fourth-order valence-corrected chi connectivity index (χ4v) is 5.30. The van der Waals surface area contributed by atoms with Gasteiger partial charge in [0.05, 0.1) is 22.7 Å². The second-order valence-corrected chi connectivity index (χ2v) is 10.5. The highest BCUT2D eigenvalue weighted by molar-refractivity contribution is 7.92. The predicted molar refractivity (Wildman–Crippen MR) is 141 cm³/mol. The van der Waals surface area contributed by atoms with Crippen LogP contribution in [0.1, 0.15) is 5.56 Å². The third-order valence-electron chi connectivity index (χ3n) is 5.93. The van der Waals surface area contributed by atoms with Crippen molar-refractivity contribution in [2.75, 3.05) is 49.5 Å². The number of carbonyl (C=O) groups is 1. The summed E-state index contributed by atoms with van der Waals surface area (Å²) in [5.41, 5.74) is 2.48. The average Bonchev–Trinajstić information content (AvgIpc) is 2.89. The summed E-state index contributed by atoms with van der Waals surface area (Å²) in [6, 6.07) is 19.0. The normalized spacial score (nSPS) is 13.9. The van der Waals surface area contributed by atoms with Crippen molar-refractivity contribution in [1.29, 1.82) is 0 Å². The number of amides is 1. The highest BCUT2D eigenvalue weighted by atomic mass is 35.5. The minimum absolute atomic E-state index is 0.000728. The zero-order chi connectivity index (χ0) is 25.7. The van der Waals surface area contributed by atoms with Gasteiger partial charge in [0.2, 0.25) is 0 Å². The Labute approximate surface area is 216 Å². The first-order chi connectivity index (χ1) is 17.3. The van der Waals surface area contributed by atoms with Gasteiger partial charge >= 0.3 is 0 Å². The van der Waals surface area contributed by atoms with Gasteiger partial charge in [-0.3, -0.25) is 9.52 Å². The van der Waals surface area contributed by atoms with Crippen LogP contribution in [0, 0.1) is 6.92 Å². The van der Waals surface area contributed by atoms with E-state index in [9.17, 15) is 13.2 Å². The molecule has 0 bridgehead atoms. The van der Waals surface area contributed by atoms with Gasteiger partial charge in [0.25, 0.3) is 15.9 Å². The van der Waals surface area contributed by atoms with E-state index in [1.54, 1.807) is 24.1 Å². The summed E-state index contributed by atoms with van der Waals surface area (Å²) >= 11 is 6.28. The monoisotopic (exact) mass is 529 g/mol. The predicted octanol–water partition coefficient (Wildman–Crippen LogP) is 4.19. The smallest absolute Gasteiger partial charge is 0.261 e. The summed E-state index contributed by atoms with van der Waals surface area (Å²) in [5, 5.41) is 0.107. The molecule has 8 nitrogen and oxygen atoms in total. The lowest BCUT2D eigenvalue weighted by Crippen LogP contribution is -2.50. The van der Waals surface area contributed by atoms with Crippen LogP contribution >= 0.6 is 11.6 Å². The van der Waals surface area contributed by atoms with E-state index < -0.39 is 10.0 Å². The van der Waals surface area contributed by atoms with Crippen LogP contribution in [0.15, 0.2) is 71.6 Å². The van der Waals surface area contributed by atoms with Gasteiger partial charge in [-0.15, -0.1) is 0 Å². The van der Waals surface area contributed by atoms with Crippen molar-refractivity contribution in [2.45, 2.75) is 11.8 Å². The Hall–Kier alpha value is -3.43. The Bertz CT molecular complexity index is 1320. The summed E-state index contributed by atoms with van der Waals surface area (Å²) < 4.78 is 39.0. The summed E-state index contributed by atoms with van der Waals surface area (Å²) in [7, 11) is -2.18. The van der Waals surface area contributed by atoms with Crippen LogP contribution in [0.3, 0.4) is 0 Å². The van der Waals surface area contributed by atoms with Gasteiger partial charge < -0.3 is 19.3 Å². The van der Waals surface area contributed by atoms with E-state index in [4.69, 9.17) is 21.1 Å². The molecule has 0 aromatic heterocycles. The zero-order valence-electron chi connectivity index (χ0n) is 20.1. The Morgan fingerprint density at radius 2 is 1.67 bits per heavy atom. The molecule has 4 rings (SSSR count). The fourth-order valence-electron chi connectivity index (χ4n) is 3.92. The molecule has 1 saturated heterocycles. The molecule has 36 heavy (non-hydrogen) atoms. The van der Waals surface area contributed by atoms with E-state index in [0.717, 1.165) is 17.0 Å². The van der Waals surface area contributed by atoms with Gasteiger partial charge in [-0.05, 0) is 49.4 Å². The standard InChI is InChI=1S/C26H28ClN3O5S/c1-19-7-9-20(10-8-19)28-36(32,33)21-11-12-24(22(27)17-21)35-18-26(31)30-15-13-29(14-16-30)23-5-3-4-6-25(23)34-2/h3-12,17,28H,13-16,18H2,1-2H3. The number of nitrogens with zero attached hydrogens (tertiary/aromatic N) is 2. The molecule has 0 spiro atoms. The Morgan fingerprint density at radius 3 is 2.33 bits per heavy atom. The Kier molecular flexibility index (Phi) is 7.91. The molecular formula is C26H28ClN3O5S. The molecule has 0 unspecified atom stereocenters. The minimum Gasteiger partial charge on any atom is -0.495 e. The summed E-state index contributed by atoms with van der Waals surface area (Å²) in [6.45, 7) is 4.18. The molecule has 0 atom stereocenters. The van der Waals surface area contributed by atoms with Crippen LogP contribution in [0.4, 0.5) is 11.4 Å². The number of aryl methyl sites for hydroxylation is 1. The second-order valence-electron chi connectivity index (χ2n) is 8.39. The van der Waals surface area contributed by atoms with Crippen LogP contribution in [-0.4, -0.2) is 59.1 Å². The fraction of sp³-hybridized carbons (Fsp3) is 0.269. The summed E-state index contributed by atoms with van der Waals surface area (Å²) in [4.78, 5) is 16.6. The second kappa shape index (κ2) is 11.1. The lowest BCUT2D eigenvalue weighted by molar-refractivity contribution is -0.133. The number of halogens is 1. The maximum Gasteiger partial charge on any atom is 0.261 e. The number of rotatable bonds is 8. The first-order valence-electron chi connectivity index (χ1n) is 11.4. The molecule has 1 N–H and O–H groups in total. The number of hydrogen-bond donors (Lipinski definition) is 1. The van der Waals surface area contributed by atoms with E-state index >= 15 is 0 Å². The SMILES string of the molecule is COc1ccccc1N1CCN(C(=O)COc2ccc(S(=O)(=O)Nc3ccc(C)cc3)cc2Cl)CC1. The van der Waals surface area contributed by atoms with Crippen molar-refractivity contribution in [3.05, 3.63) is 77.3 Å². The number of para-hydroxylation sites is 2. The first kappa shape index (κ1) is 25.7. The molecule has 0 saturated carbocycles. The molecule has 1 aliphatic rings. The van der Waals surface area contributed by atoms with Gasteiger partial charge in [0.1, 0.15) is 11.5 Å². The summed E-state index contributed by atoms with van der Waals surface area (Å²) in [5.74, 6) is 0.880. The molecule has 0 aliphatic carbocycles. The number of sulfonamides is 1. The van der Waals surface area contributed by atoms with Gasteiger partial charge in [0.15, 0.2) is 6.61 Å². The number of ether oxygens (including phenoxy) is 2. The third-order valence-corrected chi connectivity index (χ3v) is 7.60. The summed E-state index contributed by atoms with van der Waals surface area (Å²) in [6.07, 6.45) is 0. The van der Waals surface area contributed by atoms with Gasteiger partial charge in [-0.2, -0.15) is 0 Å². The quantitative estimate of drug-likeness (QED) is 0.471. The van der Waals surface area contributed by atoms with Crippen LogP contribution < -0.4 is 19.1 Å². The average molecular weight is 530 g/mol.